The molecule has 1 aliphatic heterocycles. The molecular formula is C24H31N3O4. The van der Waals surface area contributed by atoms with Crippen LogP contribution in [0, 0.1) is 0 Å². The summed E-state index contributed by atoms with van der Waals surface area (Å²) in [7, 11) is 3.18. The van der Waals surface area contributed by atoms with Crippen LogP contribution in [0.3, 0.4) is 0 Å². The van der Waals surface area contributed by atoms with Gasteiger partial charge in [-0.1, -0.05) is 18.2 Å². The number of likely N-dealkylation sites (tertiary alicyclic amines) is 1. The van der Waals surface area contributed by atoms with Gasteiger partial charge in [0.05, 0.1) is 14.2 Å². The van der Waals surface area contributed by atoms with Gasteiger partial charge in [0.1, 0.15) is 0 Å². The summed E-state index contributed by atoms with van der Waals surface area (Å²) in [5.41, 5.74) is 2.63. The number of urea groups is 1. The summed E-state index contributed by atoms with van der Waals surface area (Å²) in [6.07, 6.45) is 1.96. The van der Waals surface area contributed by atoms with Gasteiger partial charge in [0.25, 0.3) is 5.91 Å². The van der Waals surface area contributed by atoms with Crippen molar-refractivity contribution < 1.29 is 19.1 Å². The van der Waals surface area contributed by atoms with Crippen LogP contribution in [0.15, 0.2) is 42.5 Å². The fraction of sp³-hybridized carbons (Fsp3) is 0.417. The van der Waals surface area contributed by atoms with E-state index in [9.17, 15) is 9.59 Å². The first-order valence-corrected chi connectivity index (χ1v) is 10.7. The van der Waals surface area contributed by atoms with E-state index in [4.69, 9.17) is 9.47 Å². The average Bonchev–Trinajstić information content (AvgIpc) is 2.82. The Morgan fingerprint density at radius 2 is 1.87 bits per heavy atom. The third-order valence-corrected chi connectivity index (χ3v) is 5.56. The Kier molecular flexibility index (Phi) is 7.76. The van der Waals surface area contributed by atoms with Crippen molar-refractivity contribution in [3.8, 4) is 11.5 Å². The zero-order chi connectivity index (χ0) is 22.2. The summed E-state index contributed by atoms with van der Waals surface area (Å²) in [5, 5.41) is 5.84. The fourth-order valence-electron chi connectivity index (χ4n) is 3.91. The SMILES string of the molecule is CCNC(=O)N1CCC[C@H](c2cccc(C(=O)NCc3ccc(OC)c(OC)c3)c2)C1. The number of piperidine rings is 1. The van der Waals surface area contributed by atoms with Crippen LogP contribution in [0.5, 0.6) is 11.5 Å². The molecule has 3 rings (SSSR count). The van der Waals surface area contributed by atoms with Crippen molar-refractivity contribution in [3.63, 3.8) is 0 Å². The zero-order valence-electron chi connectivity index (χ0n) is 18.4. The minimum Gasteiger partial charge on any atom is -0.493 e. The Labute approximate surface area is 183 Å². The lowest BCUT2D eigenvalue weighted by Gasteiger charge is -2.33. The van der Waals surface area contributed by atoms with Crippen LogP contribution in [0.1, 0.15) is 47.2 Å². The van der Waals surface area contributed by atoms with Crippen LogP contribution in [-0.2, 0) is 6.54 Å². The van der Waals surface area contributed by atoms with Crippen LogP contribution in [0.4, 0.5) is 4.79 Å². The van der Waals surface area contributed by atoms with E-state index in [1.54, 1.807) is 14.2 Å². The molecule has 0 bridgehead atoms. The van der Waals surface area contributed by atoms with Gasteiger partial charge in [-0.05, 0) is 55.2 Å². The Morgan fingerprint density at radius 1 is 1.06 bits per heavy atom. The van der Waals surface area contributed by atoms with Gasteiger partial charge in [0.2, 0.25) is 0 Å². The molecule has 0 spiro atoms. The molecule has 2 N–H and O–H groups in total. The molecule has 31 heavy (non-hydrogen) atoms. The van der Waals surface area contributed by atoms with Crippen LogP contribution in [0.25, 0.3) is 0 Å². The number of rotatable bonds is 7. The Bertz CT molecular complexity index is 915. The van der Waals surface area contributed by atoms with Crippen molar-refractivity contribution in [2.75, 3.05) is 33.9 Å². The predicted octanol–water partition coefficient (Wildman–Crippen LogP) is 3.54. The average molecular weight is 426 g/mol. The zero-order valence-corrected chi connectivity index (χ0v) is 18.4. The second-order valence-corrected chi connectivity index (χ2v) is 7.62. The number of carbonyl (C=O) groups is 2. The van der Waals surface area contributed by atoms with Crippen LogP contribution < -0.4 is 20.1 Å². The number of hydrogen-bond acceptors (Lipinski definition) is 4. The highest BCUT2D eigenvalue weighted by Crippen LogP contribution is 2.28. The molecule has 7 heteroatoms. The van der Waals surface area contributed by atoms with Gasteiger partial charge in [-0.2, -0.15) is 0 Å². The van der Waals surface area contributed by atoms with E-state index >= 15 is 0 Å². The standard InChI is InChI=1S/C24H31N3O4/c1-4-25-24(29)27-12-6-9-20(16-27)18-7-5-8-19(14-18)23(28)26-15-17-10-11-21(30-2)22(13-17)31-3/h5,7-8,10-11,13-14,20H,4,6,9,12,15-16H2,1-3H3,(H,25,29)(H,26,28)/t20-/m0/s1. The molecule has 1 fully saturated rings. The van der Waals surface area contributed by atoms with E-state index in [2.05, 4.69) is 10.6 Å². The van der Waals surface area contributed by atoms with Crippen molar-refractivity contribution in [1.29, 1.82) is 0 Å². The molecule has 7 nitrogen and oxygen atoms in total. The number of nitrogens with one attached hydrogen (secondary N) is 2. The molecule has 1 atom stereocenters. The van der Waals surface area contributed by atoms with Gasteiger partial charge in [-0.3, -0.25) is 4.79 Å². The molecular weight excluding hydrogens is 394 g/mol. The fourth-order valence-corrected chi connectivity index (χ4v) is 3.91. The normalized spacial score (nSPS) is 15.8. The molecule has 3 amide bonds. The lowest BCUT2D eigenvalue weighted by molar-refractivity contribution is 0.0950. The first-order chi connectivity index (χ1) is 15.0. The molecule has 0 saturated carbocycles. The molecule has 2 aromatic carbocycles. The maximum absolute atomic E-state index is 12.7. The summed E-state index contributed by atoms with van der Waals surface area (Å²) in [6, 6.07) is 13.3. The van der Waals surface area contributed by atoms with Gasteiger partial charge in [-0.15, -0.1) is 0 Å². The number of nitrogens with zero attached hydrogens (tertiary/aromatic N) is 1. The van der Waals surface area contributed by atoms with Crippen LogP contribution >= 0.6 is 0 Å². The molecule has 1 aliphatic rings. The first-order valence-electron chi connectivity index (χ1n) is 10.7. The molecule has 166 valence electrons. The van der Waals surface area contributed by atoms with Gasteiger partial charge in [-0.25, -0.2) is 4.79 Å². The number of hydrogen-bond donors (Lipinski definition) is 2. The topological polar surface area (TPSA) is 79.9 Å². The Hall–Kier alpha value is -3.22. The highest BCUT2D eigenvalue weighted by molar-refractivity contribution is 5.94. The molecule has 1 saturated heterocycles. The third-order valence-electron chi connectivity index (χ3n) is 5.56. The summed E-state index contributed by atoms with van der Waals surface area (Å²) in [5.74, 6) is 1.38. The third kappa shape index (κ3) is 5.69. The first kappa shape index (κ1) is 22.5. The quantitative estimate of drug-likeness (QED) is 0.711. The second kappa shape index (κ2) is 10.7. The lowest BCUT2D eigenvalue weighted by Crippen LogP contribution is -2.44. The van der Waals surface area contributed by atoms with Crippen molar-refractivity contribution in [1.82, 2.24) is 15.5 Å². The van der Waals surface area contributed by atoms with Gasteiger partial charge in [0.15, 0.2) is 11.5 Å². The van der Waals surface area contributed by atoms with E-state index < -0.39 is 0 Å². The molecule has 0 aliphatic carbocycles. The van der Waals surface area contributed by atoms with Crippen molar-refractivity contribution in [3.05, 3.63) is 59.2 Å². The maximum Gasteiger partial charge on any atom is 0.317 e. The van der Waals surface area contributed by atoms with E-state index in [1.165, 1.54) is 0 Å². The van der Waals surface area contributed by atoms with Crippen molar-refractivity contribution in [2.45, 2.75) is 32.2 Å². The van der Waals surface area contributed by atoms with Crippen molar-refractivity contribution >= 4 is 11.9 Å². The summed E-state index contributed by atoms with van der Waals surface area (Å²) < 4.78 is 10.6. The highest BCUT2D eigenvalue weighted by atomic mass is 16.5. The Balaban J connectivity index is 1.64. The minimum absolute atomic E-state index is 0.0176. The molecule has 0 radical (unpaired) electrons. The van der Waals surface area contributed by atoms with E-state index in [1.807, 2.05) is 54.3 Å². The van der Waals surface area contributed by atoms with Gasteiger partial charge < -0.3 is 25.0 Å². The largest absolute Gasteiger partial charge is 0.493 e. The van der Waals surface area contributed by atoms with E-state index in [0.29, 0.717) is 36.7 Å². The van der Waals surface area contributed by atoms with Crippen LogP contribution in [0.2, 0.25) is 0 Å². The number of methoxy groups -OCH3 is 2. The molecule has 0 aromatic heterocycles. The van der Waals surface area contributed by atoms with Crippen LogP contribution in [-0.4, -0.2) is 50.7 Å². The second-order valence-electron chi connectivity index (χ2n) is 7.62. The van der Waals surface area contributed by atoms with E-state index in [0.717, 1.165) is 30.5 Å². The molecule has 1 heterocycles. The predicted molar refractivity (Wildman–Crippen MR) is 120 cm³/mol. The minimum atomic E-state index is -0.131. The lowest BCUT2D eigenvalue weighted by atomic mass is 9.89. The Morgan fingerprint density at radius 3 is 2.61 bits per heavy atom. The maximum atomic E-state index is 12.7. The number of benzene rings is 2. The van der Waals surface area contributed by atoms with Gasteiger partial charge in [0, 0.05) is 37.7 Å². The van der Waals surface area contributed by atoms with E-state index in [-0.39, 0.29) is 17.9 Å². The molecule has 0 unspecified atom stereocenters. The smallest absolute Gasteiger partial charge is 0.317 e. The summed E-state index contributed by atoms with van der Waals surface area (Å²) in [4.78, 5) is 26.8. The van der Waals surface area contributed by atoms with Crippen molar-refractivity contribution in [2.24, 2.45) is 0 Å². The summed E-state index contributed by atoms with van der Waals surface area (Å²) >= 11 is 0. The number of amides is 3. The monoisotopic (exact) mass is 425 g/mol. The molecule has 2 aromatic rings. The number of carbonyl (C=O) groups excluding carboxylic acids is 2. The highest BCUT2D eigenvalue weighted by Gasteiger charge is 2.25. The van der Waals surface area contributed by atoms with Gasteiger partial charge >= 0.3 is 6.03 Å². The number of ether oxygens (including phenoxy) is 2. The summed E-state index contributed by atoms with van der Waals surface area (Å²) in [6.45, 7) is 4.37.